The van der Waals surface area contributed by atoms with Crippen molar-refractivity contribution in [3.8, 4) is 5.75 Å². The molecule has 0 saturated heterocycles. The lowest BCUT2D eigenvalue weighted by Crippen LogP contribution is -2.32. The van der Waals surface area contributed by atoms with Gasteiger partial charge in [-0.3, -0.25) is 19.7 Å². The largest absolute Gasteiger partial charge is 0.495 e. The van der Waals surface area contributed by atoms with Gasteiger partial charge >= 0.3 is 0 Å². The molecule has 0 fully saturated rings. The Bertz CT molecular complexity index is 869. The third-order valence-electron chi connectivity index (χ3n) is 3.64. The predicted molar refractivity (Wildman–Crippen MR) is 102 cm³/mol. The summed E-state index contributed by atoms with van der Waals surface area (Å²) in [6, 6.07) is 10.1. The normalized spacial score (nSPS) is 11.2. The highest BCUT2D eigenvalue weighted by Gasteiger charge is 2.19. The Labute approximate surface area is 155 Å². The van der Waals surface area contributed by atoms with Crippen molar-refractivity contribution < 1.29 is 19.2 Å². The fourth-order valence-electron chi connectivity index (χ4n) is 2.38. The van der Waals surface area contributed by atoms with Crippen molar-refractivity contribution in [2.45, 2.75) is 19.9 Å². The zero-order chi connectivity index (χ0) is 20.0. The predicted octanol–water partition coefficient (Wildman–Crippen LogP) is 3.00. The molecule has 0 aliphatic heterocycles. The molecule has 142 valence electrons. The highest BCUT2D eigenvalue weighted by molar-refractivity contribution is 5.98. The molecule has 0 aliphatic carbocycles. The lowest BCUT2D eigenvalue weighted by atomic mass is 10.2. The number of nitro groups is 1. The average molecular weight is 372 g/mol. The van der Waals surface area contributed by atoms with E-state index in [0.29, 0.717) is 17.1 Å². The number of nitrogens with zero attached hydrogens (tertiary/aromatic N) is 1. The maximum Gasteiger partial charge on any atom is 0.292 e. The molecule has 1 unspecified atom stereocenters. The number of hydrogen-bond donors (Lipinski definition) is 3. The van der Waals surface area contributed by atoms with E-state index in [2.05, 4.69) is 16.0 Å². The first kappa shape index (κ1) is 19.7. The number of nitro benzene ring substituents is 1. The van der Waals surface area contributed by atoms with E-state index in [1.54, 1.807) is 31.2 Å². The van der Waals surface area contributed by atoms with Crippen molar-refractivity contribution in [2.75, 3.05) is 23.1 Å². The van der Waals surface area contributed by atoms with Crippen LogP contribution < -0.4 is 20.7 Å². The van der Waals surface area contributed by atoms with Gasteiger partial charge in [0.15, 0.2) is 0 Å². The molecule has 0 spiro atoms. The Hall–Kier alpha value is -3.62. The molecule has 0 heterocycles. The van der Waals surface area contributed by atoms with E-state index < -0.39 is 16.9 Å². The standard InChI is InChI=1S/C18H20N4O5/c1-11(18(24)21-14-6-4-5-7-16(14)22(25)26)19-15-10-13(20-12(2)23)8-9-17(15)27-3/h4-11,19H,1-3H3,(H,20,23)(H,21,24). The quantitative estimate of drug-likeness (QED) is 0.507. The van der Waals surface area contributed by atoms with Crippen molar-refractivity contribution >= 4 is 34.6 Å². The molecule has 2 rings (SSSR count). The van der Waals surface area contributed by atoms with Crippen molar-refractivity contribution in [2.24, 2.45) is 0 Å². The number of methoxy groups -OCH3 is 1. The summed E-state index contributed by atoms with van der Waals surface area (Å²) in [7, 11) is 1.48. The highest BCUT2D eigenvalue weighted by atomic mass is 16.6. The maximum absolute atomic E-state index is 12.4. The fourth-order valence-corrected chi connectivity index (χ4v) is 2.38. The Kier molecular flexibility index (Phi) is 6.32. The summed E-state index contributed by atoms with van der Waals surface area (Å²) in [6.07, 6.45) is 0. The number of ether oxygens (including phenoxy) is 1. The topological polar surface area (TPSA) is 123 Å². The number of amides is 2. The van der Waals surface area contributed by atoms with Crippen LogP contribution in [-0.4, -0.2) is 29.9 Å². The van der Waals surface area contributed by atoms with Crippen LogP contribution in [0.15, 0.2) is 42.5 Å². The fraction of sp³-hybridized carbons (Fsp3) is 0.222. The van der Waals surface area contributed by atoms with E-state index in [0.717, 1.165) is 0 Å². The average Bonchev–Trinajstić information content (AvgIpc) is 2.61. The van der Waals surface area contributed by atoms with Crippen LogP contribution in [0.1, 0.15) is 13.8 Å². The molecule has 2 aromatic rings. The van der Waals surface area contributed by atoms with Gasteiger partial charge in [0, 0.05) is 18.7 Å². The first-order valence-electron chi connectivity index (χ1n) is 8.08. The minimum absolute atomic E-state index is 0.111. The van der Waals surface area contributed by atoms with E-state index >= 15 is 0 Å². The van der Waals surface area contributed by atoms with Crippen LogP contribution >= 0.6 is 0 Å². The van der Waals surface area contributed by atoms with Gasteiger partial charge in [0.1, 0.15) is 17.5 Å². The zero-order valence-corrected chi connectivity index (χ0v) is 15.1. The summed E-state index contributed by atoms with van der Waals surface area (Å²) in [5.74, 6) is -0.209. The third-order valence-corrected chi connectivity index (χ3v) is 3.64. The molecule has 0 aromatic heterocycles. The van der Waals surface area contributed by atoms with Gasteiger partial charge in [-0.2, -0.15) is 0 Å². The number of hydrogen-bond acceptors (Lipinski definition) is 6. The SMILES string of the molecule is COc1ccc(NC(C)=O)cc1NC(C)C(=O)Nc1ccccc1[N+](=O)[O-]. The smallest absolute Gasteiger partial charge is 0.292 e. The number of nitrogens with one attached hydrogen (secondary N) is 3. The molecule has 0 saturated carbocycles. The summed E-state index contributed by atoms with van der Waals surface area (Å²) in [5, 5.41) is 19.2. The second-order valence-corrected chi connectivity index (χ2v) is 5.73. The molecule has 1 atom stereocenters. The van der Waals surface area contributed by atoms with Gasteiger partial charge in [0.25, 0.3) is 5.69 Å². The highest BCUT2D eigenvalue weighted by Crippen LogP contribution is 2.29. The lowest BCUT2D eigenvalue weighted by Gasteiger charge is -2.18. The van der Waals surface area contributed by atoms with Crippen LogP contribution in [-0.2, 0) is 9.59 Å². The lowest BCUT2D eigenvalue weighted by molar-refractivity contribution is -0.383. The van der Waals surface area contributed by atoms with Gasteiger partial charge in [-0.1, -0.05) is 12.1 Å². The van der Waals surface area contributed by atoms with Gasteiger partial charge in [-0.25, -0.2) is 0 Å². The molecule has 0 aliphatic rings. The van der Waals surface area contributed by atoms with Gasteiger partial charge in [0.05, 0.1) is 17.7 Å². The summed E-state index contributed by atoms with van der Waals surface area (Å²) in [5.41, 5.74) is 0.953. The number of benzene rings is 2. The van der Waals surface area contributed by atoms with Gasteiger partial charge in [-0.15, -0.1) is 0 Å². The minimum Gasteiger partial charge on any atom is -0.495 e. The van der Waals surface area contributed by atoms with Crippen LogP contribution in [0.4, 0.5) is 22.7 Å². The van der Waals surface area contributed by atoms with Crippen LogP contribution in [0.3, 0.4) is 0 Å². The second-order valence-electron chi connectivity index (χ2n) is 5.73. The first-order chi connectivity index (χ1) is 12.8. The number of anilines is 3. The molecular formula is C18H20N4O5. The van der Waals surface area contributed by atoms with E-state index in [1.807, 2.05) is 0 Å². The minimum atomic E-state index is -0.730. The molecule has 3 N–H and O–H groups in total. The Morgan fingerprint density at radius 1 is 1.11 bits per heavy atom. The van der Waals surface area contributed by atoms with E-state index in [1.165, 1.54) is 32.2 Å². The van der Waals surface area contributed by atoms with Crippen molar-refractivity contribution in [1.82, 2.24) is 0 Å². The Morgan fingerprint density at radius 2 is 1.81 bits per heavy atom. The Balaban J connectivity index is 2.16. The molecular weight excluding hydrogens is 352 g/mol. The zero-order valence-electron chi connectivity index (χ0n) is 15.1. The summed E-state index contributed by atoms with van der Waals surface area (Å²) >= 11 is 0. The maximum atomic E-state index is 12.4. The molecule has 0 radical (unpaired) electrons. The Morgan fingerprint density at radius 3 is 2.44 bits per heavy atom. The van der Waals surface area contributed by atoms with Gasteiger partial charge in [-0.05, 0) is 31.2 Å². The number of carbonyl (C=O) groups excluding carboxylic acids is 2. The van der Waals surface area contributed by atoms with Gasteiger partial charge < -0.3 is 20.7 Å². The summed E-state index contributed by atoms with van der Waals surface area (Å²) in [4.78, 5) is 34.2. The molecule has 0 bridgehead atoms. The van der Waals surface area contributed by atoms with Crippen LogP contribution in [0.5, 0.6) is 5.75 Å². The number of para-hydroxylation sites is 2. The van der Waals surface area contributed by atoms with E-state index in [-0.39, 0.29) is 17.3 Å². The van der Waals surface area contributed by atoms with Crippen LogP contribution in [0.2, 0.25) is 0 Å². The molecule has 2 amide bonds. The van der Waals surface area contributed by atoms with Crippen molar-refractivity contribution in [1.29, 1.82) is 0 Å². The second kappa shape index (κ2) is 8.65. The number of rotatable bonds is 7. The van der Waals surface area contributed by atoms with E-state index in [4.69, 9.17) is 4.74 Å². The van der Waals surface area contributed by atoms with Crippen LogP contribution in [0.25, 0.3) is 0 Å². The molecule has 9 heteroatoms. The first-order valence-corrected chi connectivity index (χ1v) is 8.08. The monoisotopic (exact) mass is 372 g/mol. The molecule has 27 heavy (non-hydrogen) atoms. The summed E-state index contributed by atoms with van der Waals surface area (Å²) < 4.78 is 5.26. The van der Waals surface area contributed by atoms with E-state index in [9.17, 15) is 19.7 Å². The van der Waals surface area contributed by atoms with Crippen LogP contribution in [0, 0.1) is 10.1 Å². The summed E-state index contributed by atoms with van der Waals surface area (Å²) in [6.45, 7) is 2.99. The molecule has 2 aromatic carbocycles. The molecule has 9 nitrogen and oxygen atoms in total. The van der Waals surface area contributed by atoms with Crippen molar-refractivity contribution in [3.63, 3.8) is 0 Å². The van der Waals surface area contributed by atoms with Gasteiger partial charge in [0.2, 0.25) is 11.8 Å². The third kappa shape index (κ3) is 5.18. The van der Waals surface area contributed by atoms with Crippen molar-refractivity contribution in [3.05, 3.63) is 52.6 Å². The number of carbonyl (C=O) groups is 2.